The summed E-state index contributed by atoms with van der Waals surface area (Å²) in [5, 5.41) is 0. The monoisotopic (exact) mass is 358 g/mol. The highest BCUT2D eigenvalue weighted by molar-refractivity contribution is 7.87. The van der Waals surface area contributed by atoms with Crippen molar-refractivity contribution in [2.24, 2.45) is 0 Å². The van der Waals surface area contributed by atoms with E-state index in [-0.39, 0.29) is 10.6 Å². The quantitative estimate of drug-likeness (QED) is 0.655. The van der Waals surface area contributed by atoms with Gasteiger partial charge in [-0.25, -0.2) is 4.98 Å². The van der Waals surface area contributed by atoms with Gasteiger partial charge in [0.25, 0.3) is 0 Å². The Hall–Kier alpha value is -2.80. The fraction of sp³-hybridized carbons (Fsp3) is 0.167. The fourth-order valence-electron chi connectivity index (χ4n) is 2.52. The van der Waals surface area contributed by atoms with E-state index in [1.165, 1.54) is 6.07 Å². The molecule has 0 spiro atoms. The van der Waals surface area contributed by atoms with Crippen LogP contribution < -0.4 is 8.92 Å². The van der Waals surface area contributed by atoms with Crippen LogP contribution in [0.3, 0.4) is 0 Å². The SMILES string of the molecule is COc1ccc(S(=O)(=O)Oc2ccc(-n3ccnc3)cc2)c(C)c1C. The van der Waals surface area contributed by atoms with Gasteiger partial charge in [-0.2, -0.15) is 8.42 Å². The summed E-state index contributed by atoms with van der Waals surface area (Å²) < 4.78 is 37.5. The lowest BCUT2D eigenvalue weighted by atomic mass is 10.1. The zero-order valence-electron chi connectivity index (χ0n) is 14.1. The number of benzene rings is 2. The van der Waals surface area contributed by atoms with Crippen LogP contribution in [-0.2, 0) is 10.1 Å². The van der Waals surface area contributed by atoms with Crippen LogP contribution in [0.5, 0.6) is 11.5 Å². The van der Waals surface area contributed by atoms with Gasteiger partial charge in [0, 0.05) is 18.1 Å². The van der Waals surface area contributed by atoms with E-state index >= 15 is 0 Å². The molecule has 3 aromatic rings. The van der Waals surface area contributed by atoms with Crippen molar-refractivity contribution in [1.82, 2.24) is 9.55 Å². The fourth-order valence-corrected chi connectivity index (χ4v) is 3.74. The average Bonchev–Trinajstić information content (AvgIpc) is 3.12. The van der Waals surface area contributed by atoms with E-state index in [1.807, 2.05) is 11.5 Å². The van der Waals surface area contributed by atoms with Gasteiger partial charge in [-0.15, -0.1) is 0 Å². The van der Waals surface area contributed by atoms with Gasteiger partial charge in [0.15, 0.2) is 0 Å². The van der Waals surface area contributed by atoms with Crippen LogP contribution in [0.15, 0.2) is 60.0 Å². The van der Waals surface area contributed by atoms with Crippen molar-refractivity contribution in [1.29, 1.82) is 0 Å². The normalized spacial score (nSPS) is 11.3. The van der Waals surface area contributed by atoms with E-state index in [0.717, 1.165) is 11.3 Å². The molecule has 0 aliphatic heterocycles. The summed E-state index contributed by atoms with van der Waals surface area (Å²) in [5.74, 6) is 0.887. The van der Waals surface area contributed by atoms with Crippen LogP contribution in [0.25, 0.3) is 5.69 Å². The van der Waals surface area contributed by atoms with Gasteiger partial charge < -0.3 is 13.5 Å². The predicted molar refractivity (Wildman–Crippen MR) is 93.8 cm³/mol. The van der Waals surface area contributed by atoms with E-state index in [2.05, 4.69) is 4.98 Å². The molecular weight excluding hydrogens is 340 g/mol. The van der Waals surface area contributed by atoms with Crippen molar-refractivity contribution in [3.8, 4) is 17.2 Å². The lowest BCUT2D eigenvalue weighted by Gasteiger charge is -2.13. The minimum Gasteiger partial charge on any atom is -0.496 e. The number of rotatable bonds is 5. The Morgan fingerprint density at radius 1 is 1.00 bits per heavy atom. The van der Waals surface area contributed by atoms with E-state index < -0.39 is 10.1 Å². The molecule has 7 heteroatoms. The van der Waals surface area contributed by atoms with Gasteiger partial charge >= 0.3 is 10.1 Å². The molecule has 0 saturated carbocycles. The van der Waals surface area contributed by atoms with Crippen LogP contribution >= 0.6 is 0 Å². The topological polar surface area (TPSA) is 70.4 Å². The van der Waals surface area contributed by atoms with E-state index in [1.54, 1.807) is 63.1 Å². The Morgan fingerprint density at radius 2 is 1.72 bits per heavy atom. The first-order valence-electron chi connectivity index (χ1n) is 7.59. The predicted octanol–water partition coefficient (Wildman–Crippen LogP) is 3.27. The maximum atomic E-state index is 12.6. The third-order valence-electron chi connectivity index (χ3n) is 4.02. The summed E-state index contributed by atoms with van der Waals surface area (Å²) in [6, 6.07) is 9.87. The van der Waals surface area contributed by atoms with E-state index in [9.17, 15) is 8.42 Å². The highest BCUT2D eigenvalue weighted by Gasteiger charge is 2.21. The standard InChI is InChI=1S/C18H18N2O4S/c1-13-14(2)18(9-8-17(13)23-3)25(21,22)24-16-6-4-15(5-7-16)20-11-10-19-12-20/h4-12H,1-3H3. The molecule has 1 heterocycles. The molecule has 130 valence electrons. The Morgan fingerprint density at radius 3 is 2.32 bits per heavy atom. The molecule has 0 aliphatic carbocycles. The number of hydrogen-bond donors (Lipinski definition) is 0. The molecular formula is C18H18N2O4S. The third kappa shape index (κ3) is 3.36. The molecule has 0 bridgehead atoms. The zero-order valence-corrected chi connectivity index (χ0v) is 14.9. The summed E-state index contributed by atoms with van der Waals surface area (Å²) in [5.41, 5.74) is 2.23. The second kappa shape index (κ2) is 6.60. The number of nitrogens with zero attached hydrogens (tertiary/aromatic N) is 2. The van der Waals surface area contributed by atoms with Crippen LogP contribution in [0.2, 0.25) is 0 Å². The van der Waals surface area contributed by atoms with Crippen LogP contribution in [0.1, 0.15) is 11.1 Å². The molecule has 0 saturated heterocycles. The Kier molecular flexibility index (Phi) is 4.50. The first kappa shape index (κ1) is 17.0. The molecule has 0 radical (unpaired) electrons. The summed E-state index contributed by atoms with van der Waals surface area (Å²) in [4.78, 5) is 4.11. The Labute approximate surface area is 146 Å². The first-order valence-corrected chi connectivity index (χ1v) is 9.00. The summed E-state index contributed by atoms with van der Waals surface area (Å²) in [6.07, 6.45) is 5.13. The minimum absolute atomic E-state index is 0.129. The lowest BCUT2D eigenvalue weighted by Crippen LogP contribution is -2.12. The summed E-state index contributed by atoms with van der Waals surface area (Å²) >= 11 is 0. The molecule has 0 N–H and O–H groups in total. The van der Waals surface area contributed by atoms with Crippen molar-refractivity contribution >= 4 is 10.1 Å². The second-order valence-corrected chi connectivity index (χ2v) is 7.03. The number of aromatic nitrogens is 2. The van der Waals surface area contributed by atoms with Gasteiger partial charge in [-0.05, 0) is 61.4 Å². The minimum atomic E-state index is -3.93. The molecule has 1 aromatic heterocycles. The van der Waals surface area contributed by atoms with Crippen molar-refractivity contribution in [3.05, 3.63) is 66.2 Å². The third-order valence-corrected chi connectivity index (χ3v) is 5.42. The van der Waals surface area contributed by atoms with Gasteiger partial charge in [-0.3, -0.25) is 0 Å². The second-order valence-electron chi connectivity index (χ2n) is 5.52. The van der Waals surface area contributed by atoms with Gasteiger partial charge in [-0.1, -0.05) is 0 Å². The zero-order chi connectivity index (χ0) is 18.0. The maximum absolute atomic E-state index is 12.6. The van der Waals surface area contributed by atoms with Crippen LogP contribution in [0, 0.1) is 13.8 Å². The molecule has 2 aromatic carbocycles. The Balaban J connectivity index is 1.88. The average molecular weight is 358 g/mol. The summed E-state index contributed by atoms with van der Waals surface area (Å²) in [6.45, 7) is 3.54. The molecule has 0 fully saturated rings. The molecule has 6 nitrogen and oxygen atoms in total. The molecule has 0 amide bonds. The van der Waals surface area contributed by atoms with Gasteiger partial charge in [0.2, 0.25) is 0 Å². The van der Waals surface area contributed by atoms with Crippen molar-refractivity contribution in [3.63, 3.8) is 0 Å². The van der Waals surface area contributed by atoms with Crippen molar-refractivity contribution in [2.75, 3.05) is 7.11 Å². The van der Waals surface area contributed by atoms with Crippen molar-refractivity contribution < 1.29 is 17.3 Å². The molecule has 3 rings (SSSR count). The number of hydrogen-bond acceptors (Lipinski definition) is 5. The number of methoxy groups -OCH3 is 1. The molecule has 0 aliphatic rings. The molecule has 0 unspecified atom stereocenters. The largest absolute Gasteiger partial charge is 0.496 e. The highest BCUT2D eigenvalue weighted by atomic mass is 32.2. The summed E-state index contributed by atoms with van der Waals surface area (Å²) in [7, 11) is -2.38. The van der Waals surface area contributed by atoms with Gasteiger partial charge in [0.05, 0.1) is 13.4 Å². The molecule has 25 heavy (non-hydrogen) atoms. The van der Waals surface area contributed by atoms with E-state index in [0.29, 0.717) is 11.3 Å². The Bertz CT molecular complexity index is 979. The highest BCUT2D eigenvalue weighted by Crippen LogP contribution is 2.29. The van der Waals surface area contributed by atoms with Gasteiger partial charge in [0.1, 0.15) is 16.4 Å². The van der Waals surface area contributed by atoms with E-state index in [4.69, 9.17) is 8.92 Å². The first-order chi connectivity index (χ1) is 11.9. The lowest BCUT2D eigenvalue weighted by molar-refractivity contribution is 0.410. The number of ether oxygens (including phenoxy) is 1. The maximum Gasteiger partial charge on any atom is 0.339 e. The van der Waals surface area contributed by atoms with Crippen molar-refractivity contribution in [2.45, 2.75) is 18.7 Å². The smallest absolute Gasteiger partial charge is 0.339 e. The molecule has 0 atom stereocenters. The van der Waals surface area contributed by atoms with Crippen LogP contribution in [-0.4, -0.2) is 25.1 Å². The van der Waals surface area contributed by atoms with Crippen LogP contribution in [0.4, 0.5) is 0 Å². The number of imidazole rings is 1.